The molecule has 0 N–H and O–H groups in total. The molecule has 0 aromatic carbocycles. The summed E-state index contributed by atoms with van der Waals surface area (Å²) in [5.74, 6) is -0.0594. The van der Waals surface area contributed by atoms with Crippen molar-refractivity contribution < 1.29 is 14.3 Å². The van der Waals surface area contributed by atoms with Crippen molar-refractivity contribution in [2.75, 3.05) is 39.9 Å². The first kappa shape index (κ1) is 13.3. The van der Waals surface area contributed by atoms with Gasteiger partial charge in [0.2, 0.25) is 0 Å². The third-order valence-corrected chi connectivity index (χ3v) is 4.81. The van der Waals surface area contributed by atoms with E-state index in [1.54, 1.807) is 0 Å². The van der Waals surface area contributed by atoms with Gasteiger partial charge in [0.15, 0.2) is 0 Å². The van der Waals surface area contributed by atoms with Crippen molar-refractivity contribution in [1.29, 1.82) is 0 Å². The van der Waals surface area contributed by atoms with Crippen molar-refractivity contribution in [2.24, 2.45) is 0 Å². The topological polar surface area (TPSA) is 42.0 Å². The van der Waals surface area contributed by atoms with Crippen molar-refractivity contribution in [3.8, 4) is 0 Å². The van der Waals surface area contributed by atoms with Crippen molar-refractivity contribution in [1.82, 2.24) is 9.80 Å². The standard InChI is InChI=1S/C14H24N2O3/c1-15-11-2-3-12(15)9-13(8-11)19-14(17)10-16-4-6-18-7-5-16/h11-13H,2-10H2,1H3. The maximum atomic E-state index is 12.0. The number of morpholine rings is 1. The Balaban J connectivity index is 1.45. The molecule has 0 aromatic heterocycles. The lowest BCUT2D eigenvalue weighted by atomic mass is 10.0. The van der Waals surface area contributed by atoms with E-state index in [4.69, 9.17) is 9.47 Å². The summed E-state index contributed by atoms with van der Waals surface area (Å²) in [6.07, 6.45) is 4.70. The molecule has 0 amide bonds. The Morgan fingerprint density at radius 2 is 1.84 bits per heavy atom. The lowest BCUT2D eigenvalue weighted by Gasteiger charge is -2.36. The monoisotopic (exact) mass is 268 g/mol. The van der Waals surface area contributed by atoms with Gasteiger partial charge in [0.25, 0.3) is 0 Å². The van der Waals surface area contributed by atoms with Crippen LogP contribution in [0.25, 0.3) is 0 Å². The molecular weight excluding hydrogens is 244 g/mol. The predicted octanol–water partition coefficient (Wildman–Crippen LogP) is 0.487. The van der Waals surface area contributed by atoms with Crippen LogP contribution >= 0.6 is 0 Å². The van der Waals surface area contributed by atoms with Crippen LogP contribution in [0.1, 0.15) is 25.7 Å². The van der Waals surface area contributed by atoms with Crippen LogP contribution in [0.2, 0.25) is 0 Å². The van der Waals surface area contributed by atoms with Crippen LogP contribution in [0.4, 0.5) is 0 Å². The summed E-state index contributed by atoms with van der Waals surface area (Å²) in [6, 6.07) is 1.25. The van der Waals surface area contributed by atoms with Crippen molar-refractivity contribution in [3.05, 3.63) is 0 Å². The summed E-state index contributed by atoms with van der Waals surface area (Å²) in [7, 11) is 2.20. The number of hydrogen-bond acceptors (Lipinski definition) is 5. The molecule has 0 aromatic rings. The number of fused-ring (bicyclic) bond motifs is 2. The molecular formula is C14H24N2O3. The van der Waals surface area contributed by atoms with Crippen molar-refractivity contribution >= 4 is 5.97 Å². The molecule has 3 rings (SSSR count). The summed E-state index contributed by atoms with van der Waals surface area (Å²) < 4.78 is 11.0. The number of hydrogen-bond donors (Lipinski definition) is 0. The Morgan fingerprint density at radius 1 is 1.21 bits per heavy atom. The molecule has 3 aliphatic rings. The fourth-order valence-electron chi connectivity index (χ4n) is 3.62. The zero-order valence-electron chi connectivity index (χ0n) is 11.7. The number of nitrogens with zero attached hydrogens (tertiary/aromatic N) is 2. The largest absolute Gasteiger partial charge is 0.461 e. The minimum absolute atomic E-state index is 0.0594. The molecule has 2 bridgehead atoms. The zero-order chi connectivity index (χ0) is 13.2. The van der Waals surface area contributed by atoms with Crippen LogP contribution in [0, 0.1) is 0 Å². The molecule has 3 saturated heterocycles. The third-order valence-electron chi connectivity index (χ3n) is 4.81. The van der Waals surface area contributed by atoms with Gasteiger partial charge in [-0.2, -0.15) is 0 Å². The third kappa shape index (κ3) is 3.09. The normalized spacial score (nSPS) is 36.4. The van der Waals surface area contributed by atoms with Gasteiger partial charge in [0.1, 0.15) is 6.10 Å². The quantitative estimate of drug-likeness (QED) is 0.697. The van der Waals surface area contributed by atoms with Crippen LogP contribution in [0.3, 0.4) is 0 Å². The molecule has 0 spiro atoms. The molecule has 3 fully saturated rings. The highest BCUT2D eigenvalue weighted by atomic mass is 16.5. The highest BCUT2D eigenvalue weighted by Gasteiger charge is 2.39. The SMILES string of the molecule is CN1C2CCC1CC(OC(=O)CN1CCOCC1)C2. The highest BCUT2D eigenvalue weighted by Crippen LogP contribution is 2.35. The fraction of sp³-hybridized carbons (Fsp3) is 0.929. The Labute approximate surface area is 114 Å². The molecule has 5 heteroatoms. The summed E-state index contributed by atoms with van der Waals surface area (Å²) in [4.78, 5) is 16.6. The number of ether oxygens (including phenoxy) is 2. The summed E-state index contributed by atoms with van der Waals surface area (Å²) in [5.41, 5.74) is 0. The molecule has 2 atom stereocenters. The van der Waals surface area contributed by atoms with E-state index in [1.807, 2.05) is 0 Å². The van der Waals surface area contributed by atoms with Gasteiger partial charge >= 0.3 is 5.97 Å². The Morgan fingerprint density at radius 3 is 2.47 bits per heavy atom. The molecule has 19 heavy (non-hydrogen) atoms. The lowest BCUT2D eigenvalue weighted by molar-refractivity contribution is -0.154. The van der Waals surface area contributed by atoms with Gasteiger partial charge in [-0.15, -0.1) is 0 Å². The smallest absolute Gasteiger partial charge is 0.320 e. The van der Waals surface area contributed by atoms with E-state index < -0.39 is 0 Å². The molecule has 5 nitrogen and oxygen atoms in total. The van der Waals surface area contributed by atoms with Gasteiger partial charge < -0.3 is 14.4 Å². The number of esters is 1. The minimum atomic E-state index is -0.0594. The molecule has 108 valence electrons. The van der Waals surface area contributed by atoms with E-state index in [0.717, 1.165) is 39.1 Å². The van der Waals surface area contributed by atoms with Crippen LogP contribution in [0.5, 0.6) is 0 Å². The van der Waals surface area contributed by atoms with Crippen LogP contribution in [-0.4, -0.2) is 73.9 Å². The lowest BCUT2D eigenvalue weighted by Crippen LogP contribution is -2.45. The highest BCUT2D eigenvalue weighted by molar-refractivity contribution is 5.71. The molecule has 0 saturated carbocycles. The Bertz CT molecular complexity index is 317. The fourth-order valence-corrected chi connectivity index (χ4v) is 3.62. The van der Waals surface area contributed by atoms with E-state index in [0.29, 0.717) is 18.6 Å². The summed E-state index contributed by atoms with van der Waals surface area (Å²) in [6.45, 7) is 3.56. The molecule has 3 heterocycles. The number of carbonyl (C=O) groups excluding carboxylic acids is 1. The van der Waals surface area contributed by atoms with Gasteiger partial charge in [0.05, 0.1) is 19.8 Å². The van der Waals surface area contributed by atoms with Gasteiger partial charge in [-0.25, -0.2) is 0 Å². The van der Waals surface area contributed by atoms with E-state index in [2.05, 4.69) is 16.8 Å². The maximum Gasteiger partial charge on any atom is 0.320 e. The van der Waals surface area contributed by atoms with E-state index in [1.165, 1.54) is 12.8 Å². The van der Waals surface area contributed by atoms with Crippen LogP contribution < -0.4 is 0 Å². The first-order valence-electron chi connectivity index (χ1n) is 7.44. The maximum absolute atomic E-state index is 12.0. The molecule has 0 aliphatic carbocycles. The van der Waals surface area contributed by atoms with Gasteiger partial charge in [-0.3, -0.25) is 9.69 Å². The first-order valence-corrected chi connectivity index (χ1v) is 7.44. The Hall–Kier alpha value is -0.650. The second-order valence-electron chi connectivity index (χ2n) is 6.02. The number of rotatable bonds is 3. The molecule has 3 aliphatic heterocycles. The average Bonchev–Trinajstić information content (AvgIpc) is 2.63. The van der Waals surface area contributed by atoms with Crippen molar-refractivity contribution in [3.63, 3.8) is 0 Å². The predicted molar refractivity (Wildman–Crippen MR) is 70.9 cm³/mol. The van der Waals surface area contributed by atoms with Crippen LogP contribution in [-0.2, 0) is 14.3 Å². The Kier molecular flexibility index (Phi) is 4.05. The van der Waals surface area contributed by atoms with Gasteiger partial charge in [0, 0.05) is 25.2 Å². The average molecular weight is 268 g/mol. The van der Waals surface area contributed by atoms with E-state index >= 15 is 0 Å². The molecule has 0 radical (unpaired) electrons. The number of carbonyl (C=O) groups is 1. The van der Waals surface area contributed by atoms with Gasteiger partial charge in [-0.05, 0) is 32.7 Å². The summed E-state index contributed by atoms with van der Waals surface area (Å²) >= 11 is 0. The first-order chi connectivity index (χ1) is 9.22. The van der Waals surface area contributed by atoms with Crippen molar-refractivity contribution in [2.45, 2.75) is 43.9 Å². The number of piperidine rings is 1. The molecule has 2 unspecified atom stereocenters. The van der Waals surface area contributed by atoms with E-state index in [9.17, 15) is 4.79 Å². The summed E-state index contributed by atoms with van der Waals surface area (Å²) in [5, 5.41) is 0. The minimum Gasteiger partial charge on any atom is -0.461 e. The zero-order valence-corrected chi connectivity index (χ0v) is 11.7. The van der Waals surface area contributed by atoms with E-state index in [-0.39, 0.29) is 12.1 Å². The second-order valence-corrected chi connectivity index (χ2v) is 6.02. The van der Waals surface area contributed by atoms with Crippen LogP contribution in [0.15, 0.2) is 0 Å². The van der Waals surface area contributed by atoms with Gasteiger partial charge in [-0.1, -0.05) is 0 Å². The second kappa shape index (κ2) is 5.77.